The van der Waals surface area contributed by atoms with Gasteiger partial charge in [0.15, 0.2) is 0 Å². The van der Waals surface area contributed by atoms with Gasteiger partial charge in [-0.2, -0.15) is 0 Å². The minimum absolute atomic E-state index is 0.0131. The number of amides is 2. The second-order valence-electron chi connectivity index (χ2n) is 9.21. The van der Waals surface area contributed by atoms with Gasteiger partial charge in [0.25, 0.3) is 5.91 Å². The zero-order valence-electron chi connectivity index (χ0n) is 20.1. The van der Waals surface area contributed by atoms with Gasteiger partial charge in [-0.05, 0) is 58.3 Å². The molecule has 0 bridgehead atoms. The van der Waals surface area contributed by atoms with E-state index in [9.17, 15) is 9.59 Å². The van der Waals surface area contributed by atoms with E-state index in [1.807, 2.05) is 60.0 Å². The number of likely N-dealkylation sites (N-methyl/N-ethyl adjacent to an activating group) is 1. The first kappa shape index (κ1) is 25.2. The van der Waals surface area contributed by atoms with Crippen LogP contribution in [-0.4, -0.2) is 79.4 Å². The average molecular weight is 432 g/mol. The van der Waals surface area contributed by atoms with E-state index in [0.29, 0.717) is 36.9 Å². The molecular weight excluding hydrogens is 390 g/mol. The normalized spacial score (nSPS) is 19.2. The van der Waals surface area contributed by atoms with Gasteiger partial charge in [0, 0.05) is 19.6 Å². The van der Waals surface area contributed by atoms with E-state index in [1.165, 1.54) is 0 Å². The van der Waals surface area contributed by atoms with Crippen LogP contribution < -0.4 is 4.74 Å². The van der Waals surface area contributed by atoms with Gasteiger partial charge in [0.2, 0.25) is 5.91 Å². The van der Waals surface area contributed by atoms with Gasteiger partial charge in [-0.1, -0.05) is 38.8 Å². The second kappa shape index (κ2) is 12.7. The van der Waals surface area contributed by atoms with Gasteiger partial charge in [-0.15, -0.1) is 0 Å². The highest BCUT2D eigenvalue weighted by Crippen LogP contribution is 2.23. The number of fused-ring (bicyclic) bond motifs is 1. The van der Waals surface area contributed by atoms with E-state index in [2.05, 4.69) is 13.8 Å². The first-order chi connectivity index (χ1) is 14.8. The van der Waals surface area contributed by atoms with Crippen LogP contribution in [0.5, 0.6) is 5.75 Å². The van der Waals surface area contributed by atoms with Gasteiger partial charge >= 0.3 is 0 Å². The van der Waals surface area contributed by atoms with Crippen LogP contribution in [0.2, 0.25) is 0 Å². The lowest BCUT2D eigenvalue weighted by molar-refractivity contribution is -0.135. The van der Waals surface area contributed by atoms with E-state index >= 15 is 0 Å². The molecule has 1 heterocycles. The first-order valence-corrected chi connectivity index (χ1v) is 11.8. The van der Waals surface area contributed by atoms with Crippen LogP contribution in [-0.2, 0) is 4.79 Å². The maximum Gasteiger partial charge on any atom is 0.257 e. The quantitative estimate of drug-likeness (QED) is 0.709. The Labute approximate surface area is 188 Å². The number of para-hydroxylation sites is 1. The Balaban J connectivity index is 2.33. The van der Waals surface area contributed by atoms with Gasteiger partial charge in [-0.3, -0.25) is 9.59 Å². The average Bonchev–Trinajstić information content (AvgIpc) is 2.72. The molecule has 0 saturated carbocycles. The molecule has 0 radical (unpaired) electrons. The van der Waals surface area contributed by atoms with Crippen LogP contribution >= 0.6 is 0 Å². The molecule has 1 aromatic carbocycles. The third kappa shape index (κ3) is 7.84. The van der Waals surface area contributed by atoms with Crippen molar-refractivity contribution in [2.45, 2.75) is 58.9 Å². The highest BCUT2D eigenvalue weighted by atomic mass is 16.5. The van der Waals surface area contributed by atoms with Crippen molar-refractivity contribution in [2.24, 2.45) is 5.92 Å². The number of carbonyl (C=O) groups excluding carboxylic acids is 2. The SMILES string of the molecule is CCN1CCCCCCN(C(=O)CN(C)C)[C@@H](CC(C)C)COc2ccccc2C1=O. The summed E-state index contributed by atoms with van der Waals surface area (Å²) in [6.07, 6.45) is 4.94. The van der Waals surface area contributed by atoms with Crippen molar-refractivity contribution in [1.29, 1.82) is 0 Å². The summed E-state index contributed by atoms with van der Waals surface area (Å²) in [5.41, 5.74) is 0.607. The molecule has 0 spiro atoms. The van der Waals surface area contributed by atoms with Crippen molar-refractivity contribution in [3.63, 3.8) is 0 Å². The molecule has 1 aliphatic heterocycles. The molecular formula is C25H41N3O3. The molecule has 1 atom stereocenters. The van der Waals surface area contributed by atoms with Gasteiger partial charge in [0.05, 0.1) is 18.2 Å². The minimum atomic E-state index is -0.0131. The summed E-state index contributed by atoms with van der Waals surface area (Å²) in [6.45, 7) is 9.37. The molecule has 1 aliphatic rings. The van der Waals surface area contributed by atoms with Gasteiger partial charge in [0.1, 0.15) is 12.4 Å². The molecule has 2 rings (SSSR count). The topological polar surface area (TPSA) is 53.1 Å². The Kier molecular flexibility index (Phi) is 10.3. The molecule has 31 heavy (non-hydrogen) atoms. The molecule has 0 N–H and O–H groups in total. The molecule has 6 heteroatoms. The fourth-order valence-corrected chi connectivity index (χ4v) is 4.17. The van der Waals surface area contributed by atoms with Crippen molar-refractivity contribution in [1.82, 2.24) is 14.7 Å². The lowest BCUT2D eigenvalue weighted by atomic mass is 10.0. The monoisotopic (exact) mass is 431 g/mol. The first-order valence-electron chi connectivity index (χ1n) is 11.8. The van der Waals surface area contributed by atoms with E-state index in [1.54, 1.807) is 0 Å². The molecule has 174 valence electrons. The second-order valence-corrected chi connectivity index (χ2v) is 9.21. The Bertz CT molecular complexity index is 705. The van der Waals surface area contributed by atoms with Crippen molar-refractivity contribution >= 4 is 11.8 Å². The Hall–Kier alpha value is -2.08. The molecule has 0 unspecified atom stereocenters. The van der Waals surface area contributed by atoms with Crippen LogP contribution in [0.25, 0.3) is 0 Å². The summed E-state index contributed by atoms with van der Waals surface area (Å²) < 4.78 is 6.24. The molecule has 0 saturated heterocycles. The summed E-state index contributed by atoms with van der Waals surface area (Å²) in [4.78, 5) is 32.1. The van der Waals surface area contributed by atoms with Crippen LogP contribution in [0, 0.1) is 5.92 Å². The Morgan fingerprint density at radius 1 is 1.13 bits per heavy atom. The maximum absolute atomic E-state index is 13.2. The van der Waals surface area contributed by atoms with E-state index < -0.39 is 0 Å². The highest BCUT2D eigenvalue weighted by molar-refractivity contribution is 5.96. The van der Waals surface area contributed by atoms with E-state index in [-0.39, 0.29) is 17.9 Å². The lowest BCUT2D eigenvalue weighted by Crippen LogP contribution is -2.48. The summed E-state index contributed by atoms with van der Waals surface area (Å²) in [5, 5.41) is 0. The fourth-order valence-electron chi connectivity index (χ4n) is 4.17. The lowest BCUT2D eigenvalue weighted by Gasteiger charge is -2.34. The number of benzene rings is 1. The van der Waals surface area contributed by atoms with Gasteiger partial charge < -0.3 is 19.4 Å². The number of hydrogen-bond donors (Lipinski definition) is 0. The zero-order valence-corrected chi connectivity index (χ0v) is 20.1. The van der Waals surface area contributed by atoms with Gasteiger partial charge in [-0.25, -0.2) is 0 Å². The summed E-state index contributed by atoms with van der Waals surface area (Å²) in [6, 6.07) is 7.48. The van der Waals surface area contributed by atoms with Crippen LogP contribution in [0.1, 0.15) is 63.2 Å². The third-order valence-electron chi connectivity index (χ3n) is 5.75. The predicted molar refractivity (Wildman–Crippen MR) is 125 cm³/mol. The predicted octanol–water partition coefficient (Wildman–Crippen LogP) is 3.91. The molecule has 1 aromatic rings. The summed E-state index contributed by atoms with van der Waals surface area (Å²) in [5.74, 6) is 1.22. The number of nitrogens with zero attached hydrogens (tertiary/aromatic N) is 3. The maximum atomic E-state index is 13.2. The molecule has 0 fully saturated rings. The standard InChI is InChI=1S/C25H41N3O3/c1-6-27-15-11-7-8-12-16-28(24(29)18-26(4)5)21(17-20(2)3)19-31-23-14-10-9-13-22(23)25(27)30/h9-10,13-14,20-21H,6-8,11-12,15-19H2,1-5H3/t21-/m0/s1. The van der Waals surface area contributed by atoms with Crippen molar-refractivity contribution in [3.8, 4) is 5.75 Å². The molecule has 0 aliphatic carbocycles. The molecule has 2 amide bonds. The Morgan fingerprint density at radius 2 is 1.81 bits per heavy atom. The molecule has 6 nitrogen and oxygen atoms in total. The number of ether oxygens (including phenoxy) is 1. The fraction of sp³-hybridized carbons (Fsp3) is 0.680. The molecule has 0 aromatic heterocycles. The van der Waals surface area contributed by atoms with Crippen molar-refractivity contribution in [3.05, 3.63) is 29.8 Å². The number of rotatable bonds is 5. The van der Waals surface area contributed by atoms with Crippen LogP contribution in [0.15, 0.2) is 24.3 Å². The number of carbonyl (C=O) groups is 2. The Morgan fingerprint density at radius 3 is 2.45 bits per heavy atom. The van der Waals surface area contributed by atoms with E-state index in [4.69, 9.17) is 4.74 Å². The number of hydrogen-bond acceptors (Lipinski definition) is 4. The van der Waals surface area contributed by atoms with E-state index in [0.717, 1.165) is 45.2 Å². The minimum Gasteiger partial charge on any atom is -0.491 e. The summed E-state index contributed by atoms with van der Waals surface area (Å²) >= 11 is 0. The largest absolute Gasteiger partial charge is 0.491 e. The van der Waals surface area contributed by atoms with Crippen LogP contribution in [0.3, 0.4) is 0 Å². The summed E-state index contributed by atoms with van der Waals surface area (Å²) in [7, 11) is 3.86. The van der Waals surface area contributed by atoms with Crippen molar-refractivity contribution in [2.75, 3.05) is 46.9 Å². The highest BCUT2D eigenvalue weighted by Gasteiger charge is 2.27. The smallest absolute Gasteiger partial charge is 0.257 e. The van der Waals surface area contributed by atoms with Crippen molar-refractivity contribution < 1.29 is 14.3 Å². The van der Waals surface area contributed by atoms with Crippen LogP contribution in [0.4, 0.5) is 0 Å². The third-order valence-corrected chi connectivity index (χ3v) is 5.75. The zero-order chi connectivity index (χ0) is 22.8.